The molecule has 1 amide bonds. The number of nitrogens with zero attached hydrogens (tertiary/aromatic N) is 6. The van der Waals surface area contributed by atoms with E-state index < -0.39 is 0 Å². The first-order chi connectivity index (χ1) is 15.9. The predicted octanol–water partition coefficient (Wildman–Crippen LogP) is 2.93. The highest BCUT2D eigenvalue weighted by atomic mass is 16.1. The molecule has 3 heterocycles. The highest BCUT2D eigenvalue weighted by Gasteiger charge is 2.19. The number of carbonyl (C=O) groups excluding carboxylic acids is 1. The van der Waals surface area contributed by atoms with Gasteiger partial charge in [0.15, 0.2) is 5.65 Å². The lowest BCUT2D eigenvalue weighted by molar-refractivity contribution is -0.114. The molecule has 1 saturated heterocycles. The van der Waals surface area contributed by atoms with E-state index in [-0.39, 0.29) is 5.91 Å². The van der Waals surface area contributed by atoms with E-state index in [1.807, 2.05) is 48.0 Å². The minimum absolute atomic E-state index is 0.0285. The van der Waals surface area contributed by atoms with Gasteiger partial charge in [-0.2, -0.15) is 9.61 Å². The second-order valence-corrected chi connectivity index (χ2v) is 8.72. The number of aromatic nitrogens is 3. The average molecular weight is 452 g/mol. The summed E-state index contributed by atoms with van der Waals surface area (Å²) >= 11 is 0. The highest BCUT2D eigenvalue weighted by molar-refractivity contribution is 5.88. The molecule has 1 aromatic carbocycles. The Kier molecular flexibility index (Phi) is 8.79. The summed E-state index contributed by atoms with van der Waals surface area (Å²) in [5.74, 6) is 1.13. The van der Waals surface area contributed by atoms with Gasteiger partial charge in [-0.05, 0) is 45.1 Å². The van der Waals surface area contributed by atoms with Crippen molar-refractivity contribution in [3.8, 4) is 0 Å². The van der Waals surface area contributed by atoms with Crippen molar-refractivity contribution in [2.24, 2.45) is 0 Å². The Morgan fingerprint density at radius 2 is 1.79 bits per heavy atom. The first kappa shape index (κ1) is 24.7. The third-order valence-electron chi connectivity index (χ3n) is 5.71. The largest absolute Gasteiger partial charge is 0.354 e. The van der Waals surface area contributed by atoms with Gasteiger partial charge in [0.2, 0.25) is 5.91 Å². The molecule has 0 spiro atoms. The second kappa shape index (κ2) is 11.8. The molecule has 0 bridgehead atoms. The van der Waals surface area contributed by atoms with E-state index in [9.17, 15) is 4.79 Å². The number of aryl methyl sites for hydroxylation is 2. The van der Waals surface area contributed by atoms with Crippen LogP contribution in [0.25, 0.3) is 5.65 Å². The van der Waals surface area contributed by atoms with E-state index in [1.54, 1.807) is 0 Å². The first-order valence-corrected chi connectivity index (χ1v) is 11.7. The molecule has 1 N–H and O–H groups in total. The number of anilines is 2. The fourth-order valence-electron chi connectivity index (χ4n) is 3.81. The van der Waals surface area contributed by atoms with Crippen LogP contribution in [0, 0.1) is 6.92 Å². The maximum absolute atomic E-state index is 10.7. The Hall–Kier alpha value is -2.97. The summed E-state index contributed by atoms with van der Waals surface area (Å²) in [6.07, 6.45) is 2.85. The second-order valence-electron chi connectivity index (χ2n) is 8.72. The number of carbonyl (C=O) groups is 1. The summed E-state index contributed by atoms with van der Waals surface area (Å²) in [6, 6.07) is 12.0. The molecule has 2 aromatic heterocycles. The number of piperazine rings is 1. The van der Waals surface area contributed by atoms with Crippen LogP contribution in [-0.2, 0) is 11.2 Å². The molecule has 8 nitrogen and oxygen atoms in total. The van der Waals surface area contributed by atoms with Gasteiger partial charge in [0.1, 0.15) is 5.82 Å². The molecule has 33 heavy (non-hydrogen) atoms. The van der Waals surface area contributed by atoms with E-state index in [0.29, 0.717) is 0 Å². The molecule has 8 heteroatoms. The molecule has 1 aliphatic rings. The zero-order valence-electron chi connectivity index (χ0n) is 20.6. The van der Waals surface area contributed by atoms with Crippen LogP contribution in [0.4, 0.5) is 11.5 Å². The van der Waals surface area contributed by atoms with Crippen molar-refractivity contribution >= 4 is 23.1 Å². The summed E-state index contributed by atoms with van der Waals surface area (Å²) in [7, 11) is 4.26. The summed E-state index contributed by atoms with van der Waals surface area (Å²) in [4.78, 5) is 22.4. The van der Waals surface area contributed by atoms with Gasteiger partial charge >= 0.3 is 0 Å². The topological polar surface area (TPSA) is 69.0 Å². The van der Waals surface area contributed by atoms with Gasteiger partial charge in [0.05, 0.1) is 6.20 Å². The molecule has 4 rings (SSSR count). The predicted molar refractivity (Wildman–Crippen MR) is 135 cm³/mol. The Morgan fingerprint density at radius 1 is 1.09 bits per heavy atom. The van der Waals surface area contributed by atoms with Gasteiger partial charge in [-0.1, -0.05) is 19.1 Å². The molecular formula is C25H37N7O. The highest BCUT2D eigenvalue weighted by Crippen LogP contribution is 2.18. The van der Waals surface area contributed by atoms with Gasteiger partial charge < -0.3 is 15.1 Å². The van der Waals surface area contributed by atoms with Crippen LogP contribution in [0.5, 0.6) is 0 Å². The standard InChI is InChI=1S/C15H24N6.C10H13NO/c1-13-12-15(21-14(17-13)4-5-16-21)20-10-8-19(9-11-20)7-6-18(2)3;1-3-9-4-6-10(7-5-9)11-8(2)12/h4-5,12H,6-11H2,1-3H3;4-7H,3H2,1-2H3,(H,11,12). The van der Waals surface area contributed by atoms with Gasteiger partial charge in [0, 0.05) is 69.7 Å². The normalized spacial score (nSPS) is 14.3. The lowest BCUT2D eigenvalue weighted by Gasteiger charge is -2.36. The van der Waals surface area contributed by atoms with Crippen molar-refractivity contribution in [3.63, 3.8) is 0 Å². The van der Waals surface area contributed by atoms with Gasteiger partial charge in [-0.25, -0.2) is 4.98 Å². The minimum atomic E-state index is -0.0285. The fraction of sp³-hybridized carbons (Fsp3) is 0.480. The number of hydrogen-bond acceptors (Lipinski definition) is 6. The smallest absolute Gasteiger partial charge is 0.221 e. The SMILES string of the molecule is CCc1ccc(NC(C)=O)cc1.Cc1cc(N2CCN(CCN(C)C)CC2)n2nccc2n1. The molecule has 0 saturated carbocycles. The van der Waals surface area contributed by atoms with E-state index >= 15 is 0 Å². The summed E-state index contributed by atoms with van der Waals surface area (Å²) in [6.45, 7) is 12.2. The number of hydrogen-bond donors (Lipinski definition) is 1. The number of rotatable bonds is 6. The van der Waals surface area contributed by atoms with Crippen LogP contribution in [-0.4, -0.2) is 83.7 Å². The van der Waals surface area contributed by atoms with E-state index in [0.717, 1.165) is 68.5 Å². The van der Waals surface area contributed by atoms with E-state index in [4.69, 9.17) is 0 Å². The number of benzene rings is 1. The van der Waals surface area contributed by atoms with Crippen molar-refractivity contribution in [1.29, 1.82) is 0 Å². The van der Waals surface area contributed by atoms with Crippen LogP contribution < -0.4 is 10.2 Å². The lowest BCUT2D eigenvalue weighted by Crippen LogP contribution is -2.48. The van der Waals surface area contributed by atoms with Crippen LogP contribution >= 0.6 is 0 Å². The Balaban J connectivity index is 0.000000218. The third-order valence-corrected chi connectivity index (χ3v) is 5.71. The van der Waals surface area contributed by atoms with Gasteiger partial charge in [0.25, 0.3) is 0 Å². The van der Waals surface area contributed by atoms with Crippen molar-refractivity contribution in [1.82, 2.24) is 24.4 Å². The van der Waals surface area contributed by atoms with Gasteiger partial charge in [-0.15, -0.1) is 0 Å². The van der Waals surface area contributed by atoms with Crippen LogP contribution in [0.15, 0.2) is 42.6 Å². The fourth-order valence-corrected chi connectivity index (χ4v) is 3.81. The minimum Gasteiger partial charge on any atom is -0.354 e. The first-order valence-electron chi connectivity index (χ1n) is 11.7. The molecule has 1 fully saturated rings. The Bertz CT molecular complexity index is 1020. The van der Waals surface area contributed by atoms with Gasteiger partial charge in [-0.3, -0.25) is 9.69 Å². The Labute approximate surface area is 197 Å². The maximum Gasteiger partial charge on any atom is 0.221 e. The third kappa shape index (κ3) is 7.27. The quantitative estimate of drug-likeness (QED) is 0.622. The van der Waals surface area contributed by atoms with E-state index in [1.165, 1.54) is 12.5 Å². The monoisotopic (exact) mass is 451 g/mol. The molecule has 178 valence electrons. The molecule has 0 radical (unpaired) electrons. The van der Waals surface area contributed by atoms with Crippen LogP contribution in [0.1, 0.15) is 25.1 Å². The zero-order valence-corrected chi connectivity index (χ0v) is 20.6. The molecule has 3 aromatic rings. The molecular weight excluding hydrogens is 414 g/mol. The number of nitrogens with one attached hydrogen (secondary N) is 1. The van der Waals surface area contributed by atoms with Crippen molar-refractivity contribution in [2.75, 3.05) is 63.6 Å². The molecule has 1 aliphatic heterocycles. The molecule has 0 unspecified atom stereocenters. The number of amides is 1. The summed E-state index contributed by atoms with van der Waals surface area (Å²) < 4.78 is 1.95. The number of likely N-dealkylation sites (N-methyl/N-ethyl adjacent to an activating group) is 1. The van der Waals surface area contributed by atoms with E-state index in [2.05, 4.69) is 57.2 Å². The van der Waals surface area contributed by atoms with Crippen molar-refractivity contribution in [2.45, 2.75) is 27.2 Å². The molecule has 0 aliphatic carbocycles. The lowest BCUT2D eigenvalue weighted by atomic mass is 10.1. The summed E-state index contributed by atoms with van der Waals surface area (Å²) in [5.41, 5.74) is 4.12. The summed E-state index contributed by atoms with van der Waals surface area (Å²) in [5, 5.41) is 7.12. The molecule has 0 atom stereocenters. The van der Waals surface area contributed by atoms with Crippen molar-refractivity contribution in [3.05, 3.63) is 53.9 Å². The maximum atomic E-state index is 10.7. The Morgan fingerprint density at radius 3 is 2.39 bits per heavy atom. The van der Waals surface area contributed by atoms with Crippen LogP contribution in [0.2, 0.25) is 0 Å². The number of fused-ring (bicyclic) bond motifs is 1. The zero-order chi connectivity index (χ0) is 23.8. The average Bonchev–Trinajstić information content (AvgIpc) is 3.26. The van der Waals surface area contributed by atoms with Crippen molar-refractivity contribution < 1.29 is 4.79 Å². The van der Waals surface area contributed by atoms with Crippen LogP contribution in [0.3, 0.4) is 0 Å².